The average Bonchev–Trinajstić information content (AvgIpc) is 3.05. The third kappa shape index (κ3) is 3.62. The Kier molecular flexibility index (Phi) is 5.23. The Morgan fingerprint density at radius 1 is 1.35 bits per heavy atom. The highest BCUT2D eigenvalue weighted by Gasteiger charge is 2.33. The molecule has 6 heteroatoms. The Balaban J connectivity index is 1.94. The normalized spacial score (nSPS) is 25.9. The standard InChI is InChI=1S/C14H24N2O4/c1-2-15(10-12-6-4-8-20-12)14(19)16-7-3-5-11(16)9-13(17)18/h11-12H,2-10H2,1H3,(H,17,18). The molecule has 2 atom stereocenters. The first-order valence-electron chi connectivity index (χ1n) is 7.50. The van der Waals surface area contributed by atoms with Crippen molar-refractivity contribution in [2.24, 2.45) is 0 Å². The number of urea groups is 1. The molecule has 0 bridgehead atoms. The molecule has 0 saturated carbocycles. The second kappa shape index (κ2) is 6.92. The molecule has 2 unspecified atom stereocenters. The van der Waals surface area contributed by atoms with E-state index in [0.29, 0.717) is 19.6 Å². The molecule has 114 valence electrons. The van der Waals surface area contributed by atoms with E-state index in [4.69, 9.17) is 9.84 Å². The molecule has 0 spiro atoms. The third-order valence-electron chi connectivity index (χ3n) is 4.13. The lowest BCUT2D eigenvalue weighted by Gasteiger charge is -2.32. The molecule has 0 aliphatic carbocycles. The fraction of sp³-hybridized carbons (Fsp3) is 0.857. The molecular weight excluding hydrogens is 260 g/mol. The van der Waals surface area contributed by atoms with Crippen LogP contribution in [0.5, 0.6) is 0 Å². The van der Waals surface area contributed by atoms with Crippen molar-refractivity contribution in [1.29, 1.82) is 0 Å². The first kappa shape index (κ1) is 15.1. The average molecular weight is 284 g/mol. The van der Waals surface area contributed by atoms with Crippen LogP contribution in [0.25, 0.3) is 0 Å². The first-order chi connectivity index (χ1) is 9.61. The summed E-state index contributed by atoms with van der Waals surface area (Å²) >= 11 is 0. The predicted molar refractivity (Wildman–Crippen MR) is 73.6 cm³/mol. The van der Waals surface area contributed by atoms with Crippen LogP contribution in [0.4, 0.5) is 4.79 Å². The molecule has 2 aliphatic rings. The van der Waals surface area contributed by atoms with Crippen molar-refractivity contribution in [3.63, 3.8) is 0 Å². The van der Waals surface area contributed by atoms with E-state index in [0.717, 1.165) is 32.3 Å². The van der Waals surface area contributed by atoms with E-state index in [1.165, 1.54) is 0 Å². The van der Waals surface area contributed by atoms with Gasteiger partial charge in [0.2, 0.25) is 0 Å². The minimum absolute atomic E-state index is 0.0354. The van der Waals surface area contributed by atoms with E-state index < -0.39 is 5.97 Å². The summed E-state index contributed by atoms with van der Waals surface area (Å²) in [6, 6.07) is -0.190. The second-order valence-electron chi connectivity index (χ2n) is 5.54. The van der Waals surface area contributed by atoms with Crippen molar-refractivity contribution in [2.45, 2.75) is 51.2 Å². The van der Waals surface area contributed by atoms with Crippen molar-refractivity contribution in [3.8, 4) is 0 Å². The summed E-state index contributed by atoms with van der Waals surface area (Å²) in [6.07, 6.45) is 3.92. The van der Waals surface area contributed by atoms with Gasteiger partial charge >= 0.3 is 12.0 Å². The number of carboxylic acid groups (broad SMARTS) is 1. The van der Waals surface area contributed by atoms with Crippen LogP contribution in [0.3, 0.4) is 0 Å². The van der Waals surface area contributed by atoms with Crippen molar-refractivity contribution in [3.05, 3.63) is 0 Å². The van der Waals surface area contributed by atoms with Crippen LogP contribution in [-0.4, -0.2) is 65.3 Å². The maximum atomic E-state index is 12.6. The van der Waals surface area contributed by atoms with Crippen LogP contribution in [0, 0.1) is 0 Å². The van der Waals surface area contributed by atoms with Gasteiger partial charge in [-0.2, -0.15) is 0 Å². The molecule has 0 aromatic heterocycles. The zero-order valence-corrected chi connectivity index (χ0v) is 12.1. The molecule has 0 aromatic carbocycles. The van der Waals surface area contributed by atoms with Crippen molar-refractivity contribution >= 4 is 12.0 Å². The third-order valence-corrected chi connectivity index (χ3v) is 4.13. The molecule has 2 amide bonds. The lowest BCUT2D eigenvalue weighted by molar-refractivity contribution is -0.138. The summed E-state index contributed by atoms with van der Waals surface area (Å²) in [5.74, 6) is -0.836. The van der Waals surface area contributed by atoms with Crippen LogP contribution in [0.2, 0.25) is 0 Å². The SMILES string of the molecule is CCN(CC1CCCO1)C(=O)N1CCCC1CC(=O)O. The first-order valence-corrected chi connectivity index (χ1v) is 7.50. The van der Waals surface area contributed by atoms with Gasteiger partial charge in [0.25, 0.3) is 0 Å². The molecular formula is C14H24N2O4. The highest BCUT2D eigenvalue weighted by Crippen LogP contribution is 2.22. The van der Waals surface area contributed by atoms with Gasteiger partial charge in [0.05, 0.1) is 12.5 Å². The number of rotatable bonds is 5. The molecule has 2 fully saturated rings. The van der Waals surface area contributed by atoms with Crippen LogP contribution in [0.15, 0.2) is 0 Å². The minimum atomic E-state index is -0.836. The van der Waals surface area contributed by atoms with Gasteiger partial charge in [-0.25, -0.2) is 4.79 Å². The lowest BCUT2D eigenvalue weighted by Crippen LogP contribution is -2.48. The summed E-state index contributed by atoms with van der Waals surface area (Å²) in [5, 5.41) is 8.93. The number of ether oxygens (including phenoxy) is 1. The van der Waals surface area contributed by atoms with E-state index in [1.807, 2.05) is 6.92 Å². The lowest BCUT2D eigenvalue weighted by atomic mass is 10.1. The Labute approximate surface area is 119 Å². The van der Waals surface area contributed by atoms with Crippen LogP contribution in [-0.2, 0) is 9.53 Å². The fourth-order valence-corrected chi connectivity index (χ4v) is 3.06. The Morgan fingerprint density at radius 2 is 2.15 bits per heavy atom. The molecule has 2 aliphatic heterocycles. The Bertz CT molecular complexity index is 355. The number of aliphatic carboxylic acids is 1. The fourth-order valence-electron chi connectivity index (χ4n) is 3.06. The predicted octanol–water partition coefficient (Wildman–Crippen LogP) is 1.55. The summed E-state index contributed by atoms with van der Waals surface area (Å²) in [4.78, 5) is 26.9. The van der Waals surface area contributed by atoms with Crippen LogP contribution in [0.1, 0.15) is 39.0 Å². The number of likely N-dealkylation sites (tertiary alicyclic amines) is 1. The van der Waals surface area contributed by atoms with Gasteiger partial charge in [-0.15, -0.1) is 0 Å². The molecule has 6 nitrogen and oxygen atoms in total. The maximum Gasteiger partial charge on any atom is 0.320 e. The van der Waals surface area contributed by atoms with Gasteiger partial charge in [-0.05, 0) is 32.6 Å². The minimum Gasteiger partial charge on any atom is -0.481 e. The van der Waals surface area contributed by atoms with Gasteiger partial charge in [-0.3, -0.25) is 4.79 Å². The highest BCUT2D eigenvalue weighted by molar-refractivity contribution is 5.76. The monoisotopic (exact) mass is 284 g/mol. The number of likely N-dealkylation sites (N-methyl/N-ethyl adjacent to an activating group) is 1. The largest absolute Gasteiger partial charge is 0.481 e. The van der Waals surface area contributed by atoms with Crippen LogP contribution >= 0.6 is 0 Å². The molecule has 0 radical (unpaired) electrons. The number of carboxylic acids is 1. The number of nitrogens with zero attached hydrogens (tertiary/aromatic N) is 2. The Hall–Kier alpha value is -1.30. The van der Waals surface area contributed by atoms with Gasteiger partial charge in [0.15, 0.2) is 0 Å². The van der Waals surface area contributed by atoms with E-state index in [9.17, 15) is 9.59 Å². The molecule has 0 aromatic rings. The number of carbonyl (C=O) groups excluding carboxylic acids is 1. The van der Waals surface area contributed by atoms with Crippen molar-refractivity contribution < 1.29 is 19.4 Å². The van der Waals surface area contributed by atoms with Gasteiger partial charge in [-0.1, -0.05) is 0 Å². The van der Waals surface area contributed by atoms with Crippen molar-refractivity contribution in [2.75, 3.05) is 26.2 Å². The zero-order valence-electron chi connectivity index (χ0n) is 12.1. The van der Waals surface area contributed by atoms with Crippen LogP contribution < -0.4 is 0 Å². The molecule has 20 heavy (non-hydrogen) atoms. The maximum absolute atomic E-state index is 12.6. The summed E-state index contributed by atoms with van der Waals surface area (Å²) in [5.41, 5.74) is 0. The Morgan fingerprint density at radius 3 is 2.75 bits per heavy atom. The summed E-state index contributed by atoms with van der Waals surface area (Å²) in [7, 11) is 0. The van der Waals surface area contributed by atoms with Crippen molar-refractivity contribution in [1.82, 2.24) is 9.80 Å². The quantitative estimate of drug-likeness (QED) is 0.831. The van der Waals surface area contributed by atoms with Gasteiger partial charge < -0.3 is 19.6 Å². The second-order valence-corrected chi connectivity index (χ2v) is 5.54. The molecule has 1 N–H and O–H groups in total. The topological polar surface area (TPSA) is 70.1 Å². The summed E-state index contributed by atoms with van der Waals surface area (Å²) in [6.45, 7) is 4.65. The summed E-state index contributed by atoms with van der Waals surface area (Å²) < 4.78 is 5.58. The van der Waals surface area contributed by atoms with E-state index >= 15 is 0 Å². The zero-order chi connectivity index (χ0) is 14.5. The van der Waals surface area contributed by atoms with Gasteiger partial charge in [0, 0.05) is 32.3 Å². The van der Waals surface area contributed by atoms with E-state index in [1.54, 1.807) is 9.80 Å². The molecule has 2 saturated heterocycles. The molecule has 2 heterocycles. The number of hydrogen-bond donors (Lipinski definition) is 1. The van der Waals surface area contributed by atoms with Gasteiger partial charge in [0.1, 0.15) is 0 Å². The smallest absolute Gasteiger partial charge is 0.320 e. The van der Waals surface area contributed by atoms with E-state index in [-0.39, 0.29) is 24.6 Å². The number of carbonyl (C=O) groups is 2. The number of amides is 2. The van der Waals surface area contributed by atoms with E-state index in [2.05, 4.69) is 0 Å². The number of hydrogen-bond acceptors (Lipinski definition) is 3. The highest BCUT2D eigenvalue weighted by atomic mass is 16.5. The molecule has 2 rings (SSSR count).